The van der Waals surface area contributed by atoms with Gasteiger partial charge in [0.1, 0.15) is 4.51 Å². The first-order valence-electron chi connectivity index (χ1n) is 4.88. The van der Waals surface area contributed by atoms with Crippen LogP contribution in [0.4, 0.5) is 0 Å². The Labute approximate surface area is 88.1 Å². The molecule has 76 valence electrons. The molecule has 0 aliphatic heterocycles. The SMILES string of the molecule is OCCOC1(Br)/C=C\CCCCC1. The van der Waals surface area contributed by atoms with Crippen LogP contribution in [0.15, 0.2) is 12.2 Å². The minimum absolute atomic E-state index is 0.0845. The van der Waals surface area contributed by atoms with Gasteiger partial charge in [-0.2, -0.15) is 0 Å². The van der Waals surface area contributed by atoms with Gasteiger partial charge >= 0.3 is 0 Å². The van der Waals surface area contributed by atoms with Crippen LogP contribution in [0, 0.1) is 0 Å². The lowest BCUT2D eigenvalue weighted by atomic mass is 10.0. The minimum Gasteiger partial charge on any atom is -0.394 e. The molecule has 13 heavy (non-hydrogen) atoms. The number of aliphatic hydroxyl groups excluding tert-OH is 1. The van der Waals surface area contributed by atoms with Gasteiger partial charge in [0.2, 0.25) is 0 Å². The fraction of sp³-hybridized carbons (Fsp3) is 0.800. The van der Waals surface area contributed by atoms with Gasteiger partial charge in [0.25, 0.3) is 0 Å². The lowest BCUT2D eigenvalue weighted by molar-refractivity contribution is 0.0313. The molecule has 0 radical (unpaired) electrons. The van der Waals surface area contributed by atoms with Gasteiger partial charge in [-0.3, -0.25) is 0 Å². The highest BCUT2D eigenvalue weighted by Gasteiger charge is 2.23. The third kappa shape index (κ3) is 4.25. The topological polar surface area (TPSA) is 29.5 Å². The van der Waals surface area contributed by atoms with E-state index in [1.54, 1.807) is 0 Å². The van der Waals surface area contributed by atoms with Gasteiger partial charge in [-0.25, -0.2) is 0 Å². The van der Waals surface area contributed by atoms with Crippen molar-refractivity contribution in [2.45, 2.75) is 36.6 Å². The zero-order valence-corrected chi connectivity index (χ0v) is 9.42. The Kier molecular flexibility index (Phi) is 4.99. The van der Waals surface area contributed by atoms with Gasteiger partial charge in [-0.15, -0.1) is 0 Å². The third-order valence-corrected chi connectivity index (χ3v) is 3.08. The fourth-order valence-electron chi connectivity index (χ4n) is 1.48. The van der Waals surface area contributed by atoms with Crippen LogP contribution in [-0.4, -0.2) is 22.8 Å². The lowest BCUT2D eigenvalue weighted by Crippen LogP contribution is -2.24. The average Bonchev–Trinajstić information content (AvgIpc) is 2.09. The molecule has 1 unspecified atom stereocenters. The summed E-state index contributed by atoms with van der Waals surface area (Å²) < 4.78 is 5.21. The van der Waals surface area contributed by atoms with E-state index in [1.807, 2.05) is 0 Å². The van der Waals surface area contributed by atoms with E-state index in [4.69, 9.17) is 9.84 Å². The fourth-order valence-corrected chi connectivity index (χ4v) is 2.11. The Balaban J connectivity index is 2.45. The maximum atomic E-state index is 8.67. The van der Waals surface area contributed by atoms with Gasteiger partial charge in [-0.1, -0.05) is 12.5 Å². The summed E-state index contributed by atoms with van der Waals surface area (Å²) in [7, 11) is 0. The molecule has 1 aliphatic rings. The summed E-state index contributed by atoms with van der Waals surface area (Å²) in [5, 5.41) is 8.67. The van der Waals surface area contributed by atoms with E-state index in [1.165, 1.54) is 19.3 Å². The average molecular weight is 249 g/mol. The van der Waals surface area contributed by atoms with Crippen LogP contribution in [0.1, 0.15) is 32.1 Å². The van der Waals surface area contributed by atoms with Gasteiger partial charge in [0.15, 0.2) is 0 Å². The molecule has 0 spiro atoms. The van der Waals surface area contributed by atoms with Crippen molar-refractivity contribution in [2.24, 2.45) is 0 Å². The molecule has 1 N–H and O–H groups in total. The molecule has 1 atom stereocenters. The Morgan fingerprint density at radius 3 is 3.00 bits per heavy atom. The smallest absolute Gasteiger partial charge is 0.141 e. The van der Waals surface area contributed by atoms with Crippen LogP contribution >= 0.6 is 15.9 Å². The largest absolute Gasteiger partial charge is 0.394 e. The molecule has 1 aliphatic carbocycles. The number of alkyl halides is 1. The normalized spacial score (nSPS) is 32.2. The van der Waals surface area contributed by atoms with Gasteiger partial charge < -0.3 is 9.84 Å². The Morgan fingerprint density at radius 2 is 2.23 bits per heavy atom. The number of aliphatic hydroxyl groups is 1. The van der Waals surface area contributed by atoms with Crippen LogP contribution in [0.25, 0.3) is 0 Å². The summed E-state index contributed by atoms with van der Waals surface area (Å²) in [5.41, 5.74) is 0. The van der Waals surface area contributed by atoms with Crippen molar-refractivity contribution in [1.29, 1.82) is 0 Å². The van der Waals surface area contributed by atoms with Crippen LogP contribution in [0.2, 0.25) is 0 Å². The first-order chi connectivity index (χ1) is 6.27. The van der Waals surface area contributed by atoms with E-state index < -0.39 is 0 Å². The van der Waals surface area contributed by atoms with Crippen molar-refractivity contribution < 1.29 is 9.84 Å². The number of rotatable bonds is 3. The highest BCUT2D eigenvalue weighted by molar-refractivity contribution is 9.10. The lowest BCUT2D eigenvalue weighted by Gasteiger charge is -2.25. The van der Waals surface area contributed by atoms with Gasteiger partial charge in [0.05, 0.1) is 13.2 Å². The van der Waals surface area contributed by atoms with Crippen molar-refractivity contribution in [3.63, 3.8) is 0 Å². The molecule has 0 heterocycles. The van der Waals surface area contributed by atoms with Crippen molar-refractivity contribution in [2.75, 3.05) is 13.2 Å². The molecule has 3 heteroatoms. The minimum atomic E-state index is -0.323. The van der Waals surface area contributed by atoms with E-state index in [-0.39, 0.29) is 11.1 Å². The molecule has 0 fully saturated rings. The predicted molar refractivity (Wildman–Crippen MR) is 56.9 cm³/mol. The Morgan fingerprint density at radius 1 is 1.38 bits per heavy atom. The number of hydrogen-bond donors (Lipinski definition) is 1. The summed E-state index contributed by atoms with van der Waals surface area (Å²) >= 11 is 3.56. The highest BCUT2D eigenvalue weighted by Crippen LogP contribution is 2.30. The predicted octanol–water partition coefficient (Wildman–Crippen LogP) is 2.61. The summed E-state index contributed by atoms with van der Waals surface area (Å²) in [4.78, 5) is 0. The molecule has 0 bridgehead atoms. The molecule has 0 aromatic heterocycles. The van der Waals surface area contributed by atoms with Gasteiger partial charge in [-0.05, 0) is 47.7 Å². The standard InChI is InChI=1S/C10H17BrO2/c11-10(13-9-8-12)6-4-2-1-3-5-7-10/h4,6,12H,1-3,5,7-9H2/b6-4-. The summed E-state index contributed by atoms with van der Waals surface area (Å²) in [6.07, 6.45) is 10.1. The molecule has 0 amide bonds. The van der Waals surface area contributed by atoms with Crippen molar-refractivity contribution in [3.8, 4) is 0 Å². The van der Waals surface area contributed by atoms with E-state index in [2.05, 4.69) is 28.1 Å². The monoisotopic (exact) mass is 248 g/mol. The van der Waals surface area contributed by atoms with Crippen LogP contribution in [0.3, 0.4) is 0 Å². The Bertz CT molecular complexity index is 170. The van der Waals surface area contributed by atoms with E-state index in [9.17, 15) is 0 Å². The summed E-state index contributed by atoms with van der Waals surface area (Å²) in [5.74, 6) is 0. The van der Waals surface area contributed by atoms with Crippen LogP contribution in [0.5, 0.6) is 0 Å². The second kappa shape index (κ2) is 5.78. The van der Waals surface area contributed by atoms with Gasteiger partial charge in [0, 0.05) is 0 Å². The summed E-state index contributed by atoms with van der Waals surface area (Å²) in [6.45, 7) is 0.483. The third-order valence-electron chi connectivity index (χ3n) is 2.19. The first kappa shape index (κ1) is 11.2. The van der Waals surface area contributed by atoms with Crippen molar-refractivity contribution in [1.82, 2.24) is 0 Å². The number of ether oxygens (including phenoxy) is 1. The second-order valence-electron chi connectivity index (χ2n) is 3.36. The molecule has 0 aromatic rings. The molecule has 0 saturated carbocycles. The quantitative estimate of drug-likeness (QED) is 0.615. The molecule has 1 rings (SSSR count). The molecule has 0 aromatic carbocycles. The Hall–Kier alpha value is 0.140. The molecular weight excluding hydrogens is 232 g/mol. The van der Waals surface area contributed by atoms with Crippen molar-refractivity contribution in [3.05, 3.63) is 12.2 Å². The van der Waals surface area contributed by atoms with Crippen molar-refractivity contribution >= 4 is 15.9 Å². The van der Waals surface area contributed by atoms with E-state index in [0.717, 1.165) is 12.8 Å². The molecule has 2 nitrogen and oxygen atoms in total. The van der Waals surface area contributed by atoms with Crippen LogP contribution < -0.4 is 0 Å². The van der Waals surface area contributed by atoms with E-state index in [0.29, 0.717) is 6.61 Å². The molecule has 0 saturated heterocycles. The summed E-state index contributed by atoms with van der Waals surface area (Å²) in [6, 6.07) is 0. The number of allylic oxidation sites excluding steroid dienone is 1. The van der Waals surface area contributed by atoms with Crippen LogP contribution in [-0.2, 0) is 4.74 Å². The second-order valence-corrected chi connectivity index (χ2v) is 4.70. The zero-order chi connectivity index (χ0) is 9.57. The molecular formula is C10H17BrO2. The van der Waals surface area contributed by atoms with E-state index >= 15 is 0 Å². The number of halogens is 1. The number of hydrogen-bond acceptors (Lipinski definition) is 2. The first-order valence-corrected chi connectivity index (χ1v) is 5.67. The maximum Gasteiger partial charge on any atom is 0.141 e. The highest BCUT2D eigenvalue weighted by atomic mass is 79.9. The zero-order valence-electron chi connectivity index (χ0n) is 7.84. The maximum absolute atomic E-state index is 8.67.